The Hall–Kier alpha value is -3.64. The van der Waals surface area contributed by atoms with Gasteiger partial charge in [0.15, 0.2) is 0 Å². The zero-order valence-electron chi connectivity index (χ0n) is 16.5. The van der Waals surface area contributed by atoms with E-state index in [0.717, 1.165) is 5.56 Å². The van der Waals surface area contributed by atoms with E-state index in [1.807, 2.05) is 12.1 Å². The molecule has 152 valence electrons. The first-order valence-electron chi connectivity index (χ1n) is 9.12. The average Bonchev–Trinajstić information content (AvgIpc) is 2.78. The molecule has 0 aliphatic heterocycles. The first kappa shape index (κ1) is 21.1. The number of hydrogen-bond donors (Lipinski definition) is 2. The third-order valence-electron chi connectivity index (χ3n) is 4.34. The van der Waals surface area contributed by atoms with Gasteiger partial charge in [-0.3, -0.25) is 9.59 Å². The van der Waals surface area contributed by atoms with Crippen LogP contribution in [0.25, 0.3) is 0 Å². The number of carbonyl (C=O) groups is 2. The third kappa shape index (κ3) is 5.46. The van der Waals surface area contributed by atoms with Crippen molar-refractivity contribution >= 4 is 34.8 Å². The highest BCUT2D eigenvalue weighted by molar-refractivity contribution is 6.30. The minimum absolute atomic E-state index is 0.225. The van der Waals surface area contributed by atoms with Crippen LogP contribution in [0.15, 0.2) is 77.9 Å². The van der Waals surface area contributed by atoms with E-state index >= 15 is 0 Å². The number of hydrogen-bond acceptors (Lipinski definition) is 4. The van der Waals surface area contributed by atoms with E-state index in [-0.39, 0.29) is 11.8 Å². The molecule has 0 heterocycles. The number of nitrogens with zero attached hydrogens (tertiary/aromatic N) is 1. The molecular formula is C23H20ClN3O3. The maximum Gasteiger partial charge on any atom is 0.271 e. The number of nitrogens with one attached hydrogen (secondary N) is 2. The number of hydrazone groups is 1. The molecule has 0 unspecified atom stereocenters. The van der Waals surface area contributed by atoms with E-state index in [4.69, 9.17) is 16.3 Å². The third-order valence-corrected chi connectivity index (χ3v) is 4.60. The Balaban J connectivity index is 1.60. The lowest BCUT2D eigenvalue weighted by atomic mass is 10.1. The maximum atomic E-state index is 12.3. The molecule has 0 aliphatic carbocycles. The molecule has 0 aromatic heterocycles. The van der Waals surface area contributed by atoms with Gasteiger partial charge in [0.25, 0.3) is 11.8 Å². The minimum atomic E-state index is -0.316. The summed E-state index contributed by atoms with van der Waals surface area (Å²) in [6, 6.07) is 20.6. The number of anilines is 1. The molecule has 30 heavy (non-hydrogen) atoms. The zero-order chi connectivity index (χ0) is 21.5. The van der Waals surface area contributed by atoms with Crippen LogP contribution in [0, 0.1) is 0 Å². The van der Waals surface area contributed by atoms with E-state index in [1.54, 1.807) is 74.7 Å². The van der Waals surface area contributed by atoms with Crippen molar-refractivity contribution in [2.75, 3.05) is 12.4 Å². The van der Waals surface area contributed by atoms with Crippen molar-refractivity contribution in [1.82, 2.24) is 5.43 Å². The maximum absolute atomic E-state index is 12.3. The van der Waals surface area contributed by atoms with Crippen LogP contribution in [0.5, 0.6) is 5.75 Å². The van der Waals surface area contributed by atoms with E-state index in [1.165, 1.54) is 0 Å². The second-order valence-electron chi connectivity index (χ2n) is 6.41. The molecule has 3 rings (SSSR count). The Kier molecular flexibility index (Phi) is 6.83. The predicted molar refractivity (Wildman–Crippen MR) is 119 cm³/mol. The molecule has 0 aliphatic rings. The summed E-state index contributed by atoms with van der Waals surface area (Å²) in [5.41, 5.74) is 5.62. The predicted octanol–water partition coefficient (Wildman–Crippen LogP) is 4.75. The van der Waals surface area contributed by atoms with Crippen molar-refractivity contribution in [2.45, 2.75) is 6.92 Å². The number of ether oxygens (including phenoxy) is 1. The summed E-state index contributed by atoms with van der Waals surface area (Å²) in [5.74, 6) is 0.134. The fraction of sp³-hybridized carbons (Fsp3) is 0.0870. The summed E-state index contributed by atoms with van der Waals surface area (Å²) in [5, 5.41) is 7.54. The second-order valence-corrected chi connectivity index (χ2v) is 6.84. The fourth-order valence-electron chi connectivity index (χ4n) is 2.61. The number of methoxy groups -OCH3 is 1. The van der Waals surface area contributed by atoms with Gasteiger partial charge in [0, 0.05) is 21.8 Å². The molecule has 0 bridgehead atoms. The molecule has 0 fully saturated rings. The van der Waals surface area contributed by atoms with E-state index in [2.05, 4.69) is 15.8 Å². The Morgan fingerprint density at radius 2 is 1.33 bits per heavy atom. The number of carbonyl (C=O) groups excluding carboxylic acids is 2. The number of benzene rings is 3. The molecule has 7 heteroatoms. The van der Waals surface area contributed by atoms with Crippen molar-refractivity contribution in [3.63, 3.8) is 0 Å². The fourth-order valence-corrected chi connectivity index (χ4v) is 2.73. The number of halogens is 1. The highest BCUT2D eigenvalue weighted by Crippen LogP contribution is 2.15. The van der Waals surface area contributed by atoms with Gasteiger partial charge >= 0.3 is 0 Å². The van der Waals surface area contributed by atoms with E-state index in [0.29, 0.717) is 33.3 Å². The number of rotatable bonds is 6. The lowest BCUT2D eigenvalue weighted by Gasteiger charge is -2.07. The standard InChI is InChI=1S/C23H20ClN3O3/c1-15(26-27-23(29)18-7-13-21(30-2)14-8-18)16-5-11-20(12-6-16)25-22(28)17-3-9-19(24)10-4-17/h3-14H,1-2H3,(H,25,28)(H,27,29)/b26-15-. The smallest absolute Gasteiger partial charge is 0.271 e. The summed E-state index contributed by atoms with van der Waals surface area (Å²) >= 11 is 5.84. The average molecular weight is 422 g/mol. The highest BCUT2D eigenvalue weighted by Gasteiger charge is 2.07. The Morgan fingerprint density at radius 1 is 0.800 bits per heavy atom. The van der Waals surface area contributed by atoms with E-state index in [9.17, 15) is 9.59 Å². The molecule has 0 spiro atoms. The molecule has 0 saturated carbocycles. The van der Waals surface area contributed by atoms with Crippen molar-refractivity contribution in [1.29, 1.82) is 0 Å². The van der Waals surface area contributed by atoms with Gasteiger partial charge in [-0.1, -0.05) is 23.7 Å². The second kappa shape index (κ2) is 9.71. The Bertz CT molecular complexity index is 1060. The minimum Gasteiger partial charge on any atom is -0.497 e. The van der Waals surface area contributed by atoms with E-state index < -0.39 is 0 Å². The van der Waals surface area contributed by atoms with Gasteiger partial charge in [0.1, 0.15) is 5.75 Å². The molecule has 0 radical (unpaired) electrons. The Labute approximate surface area is 179 Å². The van der Waals surface area contributed by atoms with Crippen LogP contribution in [0.1, 0.15) is 33.2 Å². The topological polar surface area (TPSA) is 79.8 Å². The van der Waals surface area contributed by atoms with Gasteiger partial charge in [0.05, 0.1) is 12.8 Å². The van der Waals surface area contributed by atoms with Crippen LogP contribution in [-0.4, -0.2) is 24.6 Å². The largest absolute Gasteiger partial charge is 0.497 e. The monoisotopic (exact) mass is 421 g/mol. The van der Waals surface area contributed by atoms with Gasteiger partial charge in [-0.15, -0.1) is 0 Å². The van der Waals surface area contributed by atoms with Crippen LogP contribution < -0.4 is 15.5 Å². The SMILES string of the molecule is COc1ccc(C(=O)N/N=C(/C)c2ccc(NC(=O)c3ccc(Cl)cc3)cc2)cc1. The van der Waals surface area contributed by atoms with Gasteiger partial charge < -0.3 is 10.1 Å². The highest BCUT2D eigenvalue weighted by atomic mass is 35.5. The molecule has 0 atom stereocenters. The first-order chi connectivity index (χ1) is 14.5. The van der Waals surface area contributed by atoms with Gasteiger partial charge in [-0.25, -0.2) is 5.43 Å². The molecule has 2 amide bonds. The van der Waals surface area contributed by atoms with Crippen molar-refractivity contribution < 1.29 is 14.3 Å². The first-order valence-corrected chi connectivity index (χ1v) is 9.50. The summed E-state index contributed by atoms with van der Waals surface area (Å²) in [7, 11) is 1.57. The van der Waals surface area contributed by atoms with Gasteiger partial charge in [0.2, 0.25) is 0 Å². The number of amides is 2. The zero-order valence-corrected chi connectivity index (χ0v) is 17.2. The lowest BCUT2D eigenvalue weighted by Crippen LogP contribution is -2.19. The summed E-state index contributed by atoms with van der Waals surface area (Å²) in [6.07, 6.45) is 0. The van der Waals surface area contributed by atoms with Crippen molar-refractivity contribution in [3.05, 3.63) is 94.5 Å². The van der Waals surface area contributed by atoms with Crippen LogP contribution in [0.4, 0.5) is 5.69 Å². The molecule has 6 nitrogen and oxygen atoms in total. The van der Waals surface area contributed by atoms with Gasteiger partial charge in [-0.05, 0) is 73.2 Å². The van der Waals surface area contributed by atoms with Crippen LogP contribution >= 0.6 is 11.6 Å². The molecule has 2 N–H and O–H groups in total. The van der Waals surface area contributed by atoms with Crippen LogP contribution in [0.2, 0.25) is 5.02 Å². The normalized spacial score (nSPS) is 11.0. The summed E-state index contributed by atoms with van der Waals surface area (Å²) < 4.78 is 5.08. The van der Waals surface area contributed by atoms with Crippen molar-refractivity contribution in [2.24, 2.45) is 5.10 Å². The molecule has 3 aromatic carbocycles. The van der Waals surface area contributed by atoms with Crippen molar-refractivity contribution in [3.8, 4) is 5.75 Å². The summed E-state index contributed by atoms with van der Waals surface area (Å²) in [4.78, 5) is 24.5. The molecular weight excluding hydrogens is 402 g/mol. The summed E-state index contributed by atoms with van der Waals surface area (Å²) in [6.45, 7) is 1.79. The van der Waals surface area contributed by atoms with Crippen LogP contribution in [-0.2, 0) is 0 Å². The van der Waals surface area contributed by atoms with Gasteiger partial charge in [-0.2, -0.15) is 5.10 Å². The lowest BCUT2D eigenvalue weighted by molar-refractivity contribution is 0.0954. The molecule has 3 aromatic rings. The molecule has 0 saturated heterocycles. The Morgan fingerprint density at radius 3 is 1.93 bits per heavy atom. The quantitative estimate of drug-likeness (QED) is 0.445. The van der Waals surface area contributed by atoms with Crippen LogP contribution in [0.3, 0.4) is 0 Å².